The van der Waals surface area contributed by atoms with Crippen LogP contribution < -0.4 is 10.1 Å². The molecule has 8 heteroatoms. The van der Waals surface area contributed by atoms with Gasteiger partial charge in [-0.3, -0.25) is 4.79 Å². The first-order chi connectivity index (χ1) is 13.8. The molecule has 0 unspecified atom stereocenters. The van der Waals surface area contributed by atoms with Gasteiger partial charge in [-0.05, 0) is 118 Å². The second kappa shape index (κ2) is 9.85. The Morgan fingerprint density at radius 2 is 1.86 bits per heavy atom. The lowest BCUT2D eigenvalue weighted by atomic mass is 10.1. The number of nitrogens with one attached hydrogen (secondary N) is 1. The number of halogens is 3. The molecule has 2 aromatic carbocycles. The molecule has 0 aromatic heterocycles. The third kappa shape index (κ3) is 5.57. The van der Waals surface area contributed by atoms with Crippen LogP contribution in [0, 0.1) is 33.3 Å². The average molecular weight is 693 g/mol. The number of amides is 1. The fraction of sp³-hybridized carbons (Fsp3) is 0.143. The Morgan fingerprint density at radius 1 is 1.24 bits per heavy atom. The van der Waals surface area contributed by atoms with Crippen molar-refractivity contribution < 1.29 is 9.53 Å². The number of rotatable bonds is 4. The van der Waals surface area contributed by atoms with Gasteiger partial charge in [-0.2, -0.15) is 0 Å². The Morgan fingerprint density at radius 3 is 2.45 bits per heavy atom. The van der Waals surface area contributed by atoms with E-state index >= 15 is 0 Å². The molecule has 1 fully saturated rings. The third-order valence-electron chi connectivity index (χ3n) is 3.92. The van der Waals surface area contributed by atoms with Gasteiger partial charge in [0.25, 0.3) is 5.91 Å². The first kappa shape index (κ1) is 22.7. The number of thioether (sulfide) groups is 1. The predicted molar refractivity (Wildman–Crippen MR) is 141 cm³/mol. The second-order valence-electron chi connectivity index (χ2n) is 6.18. The summed E-state index contributed by atoms with van der Waals surface area (Å²) < 4.78 is 8.55. The van der Waals surface area contributed by atoms with E-state index in [1.54, 1.807) is 0 Å². The van der Waals surface area contributed by atoms with Crippen LogP contribution in [0.4, 0.5) is 5.69 Å². The maximum atomic E-state index is 12.4. The Labute approximate surface area is 209 Å². The van der Waals surface area contributed by atoms with Gasteiger partial charge in [0.05, 0.1) is 17.7 Å². The van der Waals surface area contributed by atoms with E-state index in [1.165, 1.54) is 11.8 Å². The first-order valence-electron chi connectivity index (χ1n) is 8.40. The van der Waals surface area contributed by atoms with Crippen LogP contribution in [0.15, 0.2) is 38.6 Å². The van der Waals surface area contributed by atoms with Crippen LogP contribution in [0.3, 0.4) is 0 Å². The molecule has 3 rings (SSSR count). The lowest BCUT2D eigenvalue weighted by Crippen LogP contribution is -2.19. The maximum absolute atomic E-state index is 12.4. The minimum Gasteiger partial charge on any atom is -0.479 e. The smallest absolute Gasteiger partial charge is 0.264 e. The summed E-state index contributed by atoms with van der Waals surface area (Å²) >= 11 is 9.31. The molecule has 29 heavy (non-hydrogen) atoms. The zero-order valence-corrected chi connectivity index (χ0v) is 22.2. The van der Waals surface area contributed by atoms with Crippen LogP contribution in [0.25, 0.3) is 6.08 Å². The number of carbonyl (C=O) groups is 1. The van der Waals surface area contributed by atoms with E-state index < -0.39 is 0 Å². The van der Waals surface area contributed by atoms with Crippen LogP contribution in [-0.4, -0.2) is 17.7 Å². The summed E-state index contributed by atoms with van der Waals surface area (Å²) in [6.45, 7) is 4.26. The number of aryl methyl sites for hydroxylation is 2. The van der Waals surface area contributed by atoms with Crippen LogP contribution in [0.5, 0.6) is 5.75 Å². The number of aliphatic imine (C=N–C) groups is 1. The molecule has 148 valence electrons. The summed E-state index contributed by atoms with van der Waals surface area (Å²) in [6.07, 6.45) is 7.13. The quantitative estimate of drug-likeness (QED) is 0.237. The van der Waals surface area contributed by atoms with Crippen LogP contribution in [-0.2, 0) is 4.79 Å². The molecule has 0 spiro atoms. The molecule has 2 aromatic rings. The summed E-state index contributed by atoms with van der Waals surface area (Å²) in [5.41, 5.74) is 3.93. The van der Waals surface area contributed by atoms with Crippen molar-refractivity contribution in [2.45, 2.75) is 13.8 Å². The topological polar surface area (TPSA) is 50.7 Å². The highest BCUT2D eigenvalue weighted by Gasteiger charge is 2.24. The van der Waals surface area contributed by atoms with Gasteiger partial charge in [-0.1, -0.05) is 21.9 Å². The molecule has 1 aliphatic rings. The van der Waals surface area contributed by atoms with Crippen molar-refractivity contribution in [3.05, 3.63) is 57.5 Å². The van der Waals surface area contributed by atoms with E-state index in [2.05, 4.69) is 77.3 Å². The molecule has 1 heterocycles. The van der Waals surface area contributed by atoms with Gasteiger partial charge in [0.15, 0.2) is 5.17 Å². The molecule has 0 aliphatic carbocycles. The van der Waals surface area contributed by atoms with Crippen molar-refractivity contribution in [3.63, 3.8) is 0 Å². The van der Waals surface area contributed by atoms with Gasteiger partial charge < -0.3 is 10.1 Å². The van der Waals surface area contributed by atoms with Crippen molar-refractivity contribution in [2.75, 3.05) is 6.61 Å². The zero-order chi connectivity index (χ0) is 21.1. The standard InChI is InChI=1S/C21H15BrI2N2O2S/c1-4-5-28-19-15(23)8-13(9-16(19)24)10-17-20(27)26-21(29-17)25-14-6-11(2)18(22)12(3)7-14/h1,6-10H,5H2,2-3H3,(H,25,26,27)/b17-10-. The maximum Gasteiger partial charge on any atom is 0.264 e. The summed E-state index contributed by atoms with van der Waals surface area (Å²) in [4.78, 5) is 17.6. The summed E-state index contributed by atoms with van der Waals surface area (Å²) in [5, 5.41) is 3.41. The highest BCUT2D eigenvalue weighted by Crippen LogP contribution is 2.33. The fourth-order valence-corrected chi connectivity index (χ4v) is 5.85. The summed E-state index contributed by atoms with van der Waals surface area (Å²) in [7, 11) is 0. The molecule has 4 nitrogen and oxygen atoms in total. The lowest BCUT2D eigenvalue weighted by molar-refractivity contribution is -0.115. The molecule has 1 N–H and O–H groups in total. The zero-order valence-electron chi connectivity index (χ0n) is 15.5. The minimum atomic E-state index is -0.156. The number of carbonyl (C=O) groups excluding carboxylic acids is 1. The van der Waals surface area contributed by atoms with Gasteiger partial charge in [0.2, 0.25) is 0 Å². The predicted octanol–water partition coefficient (Wildman–Crippen LogP) is 6.18. The molecule has 1 amide bonds. The number of ether oxygens (including phenoxy) is 1. The Kier molecular flexibility index (Phi) is 7.69. The fourth-order valence-electron chi connectivity index (χ4n) is 2.65. The number of hydrogen-bond donors (Lipinski definition) is 1. The summed E-state index contributed by atoms with van der Waals surface area (Å²) in [6, 6.07) is 7.90. The molecule has 0 atom stereocenters. The van der Waals surface area contributed by atoms with Crippen molar-refractivity contribution in [3.8, 4) is 18.1 Å². The van der Waals surface area contributed by atoms with Crippen LogP contribution in [0.2, 0.25) is 0 Å². The summed E-state index contributed by atoms with van der Waals surface area (Å²) in [5.74, 6) is 3.08. The average Bonchev–Trinajstić information content (AvgIpc) is 2.98. The van der Waals surface area contributed by atoms with E-state index in [4.69, 9.17) is 11.2 Å². The van der Waals surface area contributed by atoms with Gasteiger partial charge in [0.1, 0.15) is 12.4 Å². The van der Waals surface area contributed by atoms with E-state index in [-0.39, 0.29) is 12.5 Å². The van der Waals surface area contributed by atoms with E-state index in [0.29, 0.717) is 10.1 Å². The van der Waals surface area contributed by atoms with Crippen molar-refractivity contribution in [1.29, 1.82) is 0 Å². The number of hydrogen-bond acceptors (Lipinski definition) is 4. The SMILES string of the molecule is C#CCOc1c(I)cc(/C=C2\SC(=Nc3cc(C)c(Br)c(C)c3)NC2=O)cc1I. The second-order valence-corrected chi connectivity index (χ2v) is 10.3. The lowest BCUT2D eigenvalue weighted by Gasteiger charge is -2.09. The molecular formula is C21H15BrI2N2O2S. The molecule has 1 aliphatic heterocycles. The third-order valence-corrected chi connectivity index (χ3v) is 7.68. The van der Waals surface area contributed by atoms with Crippen molar-refractivity contribution >= 4 is 95.7 Å². The van der Waals surface area contributed by atoms with Gasteiger partial charge in [0, 0.05) is 4.47 Å². The van der Waals surface area contributed by atoms with Crippen LogP contribution >= 0.6 is 72.9 Å². The van der Waals surface area contributed by atoms with Gasteiger partial charge in [-0.25, -0.2) is 4.99 Å². The Bertz CT molecular complexity index is 1060. The first-order valence-corrected chi connectivity index (χ1v) is 12.2. The highest BCUT2D eigenvalue weighted by molar-refractivity contribution is 14.1. The van der Waals surface area contributed by atoms with Crippen LogP contribution in [0.1, 0.15) is 16.7 Å². The van der Waals surface area contributed by atoms with E-state index in [9.17, 15) is 4.79 Å². The molecule has 0 bridgehead atoms. The highest BCUT2D eigenvalue weighted by atomic mass is 127. The Balaban J connectivity index is 1.85. The number of amidine groups is 1. The Hall–Kier alpha value is -1.03. The monoisotopic (exact) mass is 692 g/mol. The number of benzene rings is 2. The largest absolute Gasteiger partial charge is 0.479 e. The molecule has 0 saturated carbocycles. The van der Waals surface area contributed by atoms with Gasteiger partial charge in [-0.15, -0.1) is 6.42 Å². The molecule has 0 radical (unpaired) electrons. The molecule has 1 saturated heterocycles. The van der Waals surface area contributed by atoms with Gasteiger partial charge >= 0.3 is 0 Å². The van der Waals surface area contributed by atoms with Crippen molar-refractivity contribution in [2.24, 2.45) is 4.99 Å². The van der Waals surface area contributed by atoms with E-state index in [1.807, 2.05) is 44.2 Å². The van der Waals surface area contributed by atoms with Crippen molar-refractivity contribution in [1.82, 2.24) is 5.32 Å². The minimum absolute atomic E-state index is 0.156. The molecular weight excluding hydrogens is 678 g/mol. The number of terminal acetylenes is 1. The number of nitrogens with zero attached hydrogens (tertiary/aromatic N) is 1. The normalized spacial score (nSPS) is 16.2. The van der Waals surface area contributed by atoms with E-state index in [0.717, 1.165) is 39.7 Å².